The molecule has 100 valence electrons. The number of halogens is 11. The SMILES string of the molecule is FC(F)(F)C[I+]CC(F)(F)F.F[B-](F)(F)F. The highest BCUT2D eigenvalue weighted by Crippen LogP contribution is 2.11. The van der Waals surface area contributed by atoms with Crippen LogP contribution < -0.4 is 21.2 Å². The van der Waals surface area contributed by atoms with Crippen molar-refractivity contribution >= 4 is 7.25 Å². The van der Waals surface area contributed by atoms with Crippen molar-refractivity contribution in [2.75, 3.05) is 8.86 Å². The molecule has 0 aliphatic heterocycles. The van der Waals surface area contributed by atoms with Crippen molar-refractivity contribution in [2.24, 2.45) is 0 Å². The van der Waals surface area contributed by atoms with Crippen molar-refractivity contribution in [3.8, 4) is 0 Å². The smallest absolute Gasteiger partial charge is 0.418 e. The predicted octanol–water partition coefficient (Wildman–Crippen LogP) is 0.500. The molecule has 0 aromatic heterocycles. The minimum atomic E-state index is -6.00. The normalized spacial score (nSPS) is 13.1. The molecule has 0 saturated heterocycles. The minimum absolute atomic E-state index is 1.26. The summed E-state index contributed by atoms with van der Waals surface area (Å²) in [5.74, 6) is 0. The van der Waals surface area contributed by atoms with Gasteiger partial charge >= 0.3 is 19.6 Å². The van der Waals surface area contributed by atoms with Gasteiger partial charge in [0.2, 0.25) is 8.86 Å². The molecule has 0 atom stereocenters. The first kappa shape index (κ1) is 18.5. The Balaban J connectivity index is 0. The Kier molecular flexibility index (Phi) is 7.78. The van der Waals surface area contributed by atoms with Gasteiger partial charge in [-0.25, -0.2) is 0 Å². The van der Waals surface area contributed by atoms with Crippen molar-refractivity contribution in [1.29, 1.82) is 0 Å². The zero-order chi connectivity index (χ0) is 13.6. The average molecular weight is 380 g/mol. The fraction of sp³-hybridized carbons (Fsp3) is 1.00. The van der Waals surface area contributed by atoms with Crippen LogP contribution in [0.1, 0.15) is 0 Å². The van der Waals surface area contributed by atoms with E-state index >= 15 is 0 Å². The molecule has 12 heteroatoms. The molecule has 0 spiro atoms. The summed E-state index contributed by atoms with van der Waals surface area (Å²) in [6, 6.07) is 0. The van der Waals surface area contributed by atoms with Crippen LogP contribution in [0.4, 0.5) is 43.6 Å². The van der Waals surface area contributed by atoms with Gasteiger partial charge < -0.3 is 17.3 Å². The maximum absolute atomic E-state index is 11.3. The highest BCUT2D eigenvalue weighted by Gasteiger charge is 2.42. The van der Waals surface area contributed by atoms with Crippen molar-refractivity contribution in [3.05, 3.63) is 0 Å². The lowest BCUT2D eigenvalue weighted by molar-refractivity contribution is -0.694. The summed E-state index contributed by atoms with van der Waals surface area (Å²) in [4.78, 5) is 0. The second-order valence-electron chi connectivity index (χ2n) is 2.18. The van der Waals surface area contributed by atoms with E-state index in [4.69, 9.17) is 0 Å². The average Bonchev–Trinajstić information content (AvgIpc) is 1.74. The molecule has 0 aliphatic rings. The molecule has 16 heavy (non-hydrogen) atoms. The van der Waals surface area contributed by atoms with E-state index in [0.29, 0.717) is 0 Å². The van der Waals surface area contributed by atoms with Crippen LogP contribution in [-0.2, 0) is 0 Å². The summed E-state index contributed by atoms with van der Waals surface area (Å²) < 4.78 is 104. The molecule has 0 aliphatic carbocycles. The van der Waals surface area contributed by atoms with Crippen molar-refractivity contribution in [3.63, 3.8) is 0 Å². The van der Waals surface area contributed by atoms with E-state index < -0.39 is 49.7 Å². The number of alkyl halides is 8. The molecular weight excluding hydrogens is 376 g/mol. The predicted molar refractivity (Wildman–Crippen MR) is 32.0 cm³/mol. The minimum Gasteiger partial charge on any atom is -0.418 e. The Morgan fingerprint density at radius 2 is 0.875 bits per heavy atom. The third kappa shape index (κ3) is 36.9. The molecule has 0 unspecified atom stereocenters. The largest absolute Gasteiger partial charge is 0.673 e. The van der Waals surface area contributed by atoms with Crippen LogP contribution in [0, 0.1) is 0 Å². The van der Waals surface area contributed by atoms with Crippen LogP contribution in [0.2, 0.25) is 0 Å². The third-order valence-corrected chi connectivity index (χ3v) is 3.30. The Labute approximate surface area is 93.7 Å². The van der Waals surface area contributed by atoms with Crippen LogP contribution >= 0.6 is 0 Å². The fourth-order valence-electron chi connectivity index (χ4n) is 0.262. The lowest BCUT2D eigenvalue weighted by Crippen LogP contribution is -3.65. The number of rotatable bonds is 2. The first-order valence-corrected chi connectivity index (χ1v) is 6.30. The fourth-order valence-corrected chi connectivity index (χ4v) is 1.75. The van der Waals surface area contributed by atoms with Crippen LogP contribution in [-0.4, -0.2) is 28.5 Å². The summed E-state index contributed by atoms with van der Waals surface area (Å²) >= 11 is -1.80. The van der Waals surface area contributed by atoms with E-state index in [1.54, 1.807) is 0 Å². The number of hydrogen-bond acceptors (Lipinski definition) is 0. The summed E-state index contributed by atoms with van der Waals surface area (Å²) in [6.07, 6.45) is -8.86. The lowest BCUT2D eigenvalue weighted by Gasteiger charge is -1.97. The first-order chi connectivity index (χ1) is 6.71. The van der Waals surface area contributed by atoms with E-state index in [2.05, 4.69) is 0 Å². The van der Waals surface area contributed by atoms with Gasteiger partial charge in [-0.2, -0.15) is 26.3 Å². The van der Waals surface area contributed by atoms with Gasteiger partial charge in [0.25, 0.3) is 21.2 Å². The number of hydrogen-bond donors (Lipinski definition) is 0. The van der Waals surface area contributed by atoms with E-state index in [1.807, 2.05) is 0 Å². The zero-order valence-corrected chi connectivity index (χ0v) is 9.31. The molecule has 0 saturated carbocycles. The second kappa shape index (κ2) is 6.74. The second-order valence-corrected chi connectivity index (χ2v) is 4.79. The highest BCUT2D eigenvalue weighted by atomic mass is 127. The van der Waals surface area contributed by atoms with Gasteiger partial charge in [-0.05, 0) is 0 Å². The van der Waals surface area contributed by atoms with E-state index in [0.717, 1.165) is 0 Å². The Bertz CT molecular complexity index is 159. The zero-order valence-electron chi connectivity index (χ0n) is 7.15. The Morgan fingerprint density at radius 3 is 1.00 bits per heavy atom. The van der Waals surface area contributed by atoms with Crippen LogP contribution in [0.5, 0.6) is 0 Å². The molecule has 0 bridgehead atoms. The molecule has 0 nitrogen and oxygen atoms in total. The molecule has 0 aromatic rings. The lowest BCUT2D eigenvalue weighted by atomic mass is 10.3. The summed E-state index contributed by atoms with van der Waals surface area (Å²) in [5, 5.41) is 0. The maximum atomic E-state index is 11.3. The Morgan fingerprint density at radius 1 is 0.688 bits per heavy atom. The molecule has 0 N–H and O–H groups in total. The van der Waals surface area contributed by atoms with Crippen molar-refractivity contribution in [2.45, 2.75) is 12.4 Å². The Hall–Kier alpha value is 0.0949. The standard InChI is InChI=1S/C4H4F6I.BF4/c5-3(6,7)1-11-2-4(8,9)10;2-1(3,4)5/h1-2H2;/q+1;-1. The topological polar surface area (TPSA) is 0 Å². The maximum Gasteiger partial charge on any atom is 0.673 e. The van der Waals surface area contributed by atoms with Gasteiger partial charge in [-0.15, -0.1) is 0 Å². The molecule has 0 rings (SSSR count). The van der Waals surface area contributed by atoms with Crippen molar-refractivity contribution < 1.29 is 64.8 Å². The summed E-state index contributed by atoms with van der Waals surface area (Å²) in [7, 11) is -6.00. The monoisotopic (exact) mass is 380 g/mol. The first-order valence-electron chi connectivity index (χ1n) is 3.25. The van der Waals surface area contributed by atoms with E-state index in [9.17, 15) is 43.6 Å². The molecule has 0 heterocycles. The van der Waals surface area contributed by atoms with E-state index in [-0.39, 0.29) is 0 Å². The van der Waals surface area contributed by atoms with Crippen LogP contribution in [0.25, 0.3) is 0 Å². The summed E-state index contributed by atoms with van der Waals surface area (Å²) in [5.41, 5.74) is 0. The molecular formula is C4H4BF10I. The van der Waals surface area contributed by atoms with E-state index in [1.165, 1.54) is 0 Å². The van der Waals surface area contributed by atoms with Gasteiger partial charge in [0.05, 0.1) is 0 Å². The van der Waals surface area contributed by atoms with Gasteiger partial charge in [0, 0.05) is 0 Å². The van der Waals surface area contributed by atoms with Gasteiger partial charge in [-0.1, -0.05) is 0 Å². The molecule has 0 amide bonds. The van der Waals surface area contributed by atoms with Crippen molar-refractivity contribution in [1.82, 2.24) is 0 Å². The van der Waals surface area contributed by atoms with Gasteiger partial charge in [0.1, 0.15) is 0 Å². The van der Waals surface area contributed by atoms with Gasteiger partial charge in [-0.3, -0.25) is 0 Å². The molecule has 0 radical (unpaired) electrons. The van der Waals surface area contributed by atoms with Crippen LogP contribution in [0.15, 0.2) is 0 Å². The third-order valence-electron chi connectivity index (χ3n) is 0.492. The summed E-state index contributed by atoms with van der Waals surface area (Å²) in [6.45, 7) is 0. The molecule has 0 aromatic carbocycles. The van der Waals surface area contributed by atoms with Gasteiger partial charge in [0.15, 0.2) is 0 Å². The highest BCUT2D eigenvalue weighted by molar-refractivity contribution is 6.50. The van der Waals surface area contributed by atoms with Crippen LogP contribution in [0.3, 0.4) is 0 Å². The molecule has 0 fully saturated rings. The quantitative estimate of drug-likeness (QED) is 0.284.